The topological polar surface area (TPSA) is 51.2 Å². The zero-order chi connectivity index (χ0) is 15.4. The Labute approximate surface area is 124 Å². The van der Waals surface area contributed by atoms with Crippen molar-refractivity contribution in [2.45, 2.75) is 13.5 Å². The van der Waals surface area contributed by atoms with Gasteiger partial charge in [0.2, 0.25) is 0 Å². The van der Waals surface area contributed by atoms with Gasteiger partial charge in [0.1, 0.15) is 10.9 Å². The van der Waals surface area contributed by atoms with Gasteiger partial charge in [-0.05, 0) is 36.8 Å². The molecule has 0 fully saturated rings. The van der Waals surface area contributed by atoms with Crippen LogP contribution < -0.4 is 10.1 Å². The van der Waals surface area contributed by atoms with Crippen LogP contribution in [0.1, 0.15) is 15.9 Å². The van der Waals surface area contributed by atoms with Crippen molar-refractivity contribution < 1.29 is 18.3 Å². The van der Waals surface area contributed by atoms with Crippen molar-refractivity contribution >= 4 is 23.2 Å². The van der Waals surface area contributed by atoms with Gasteiger partial charge < -0.3 is 10.1 Å². The molecule has 0 unspecified atom stereocenters. The van der Waals surface area contributed by atoms with Crippen LogP contribution in [0.25, 0.3) is 0 Å². The molecular weight excluding hydrogens is 302 g/mol. The van der Waals surface area contributed by atoms with Gasteiger partial charge >= 0.3 is 6.61 Å². The summed E-state index contributed by atoms with van der Waals surface area (Å²) in [7, 11) is 0. The predicted octanol–water partition coefficient (Wildman–Crippen LogP) is 3.90. The Hall–Kier alpha value is -2.21. The highest BCUT2D eigenvalue weighted by Gasteiger charge is 2.10. The molecule has 1 aromatic carbocycles. The minimum atomic E-state index is -2.94. The summed E-state index contributed by atoms with van der Waals surface area (Å²) in [6, 6.07) is 7.18. The second-order valence-electron chi connectivity index (χ2n) is 4.19. The number of hydrogen-bond donors (Lipinski definition) is 1. The number of nitrogens with zero attached hydrogens (tertiary/aromatic N) is 1. The lowest BCUT2D eigenvalue weighted by Gasteiger charge is -2.08. The number of anilines is 1. The van der Waals surface area contributed by atoms with Crippen LogP contribution in [-0.2, 0) is 0 Å². The third-order valence-electron chi connectivity index (χ3n) is 2.59. The highest BCUT2D eigenvalue weighted by Crippen LogP contribution is 2.19. The molecule has 110 valence electrons. The van der Waals surface area contributed by atoms with Gasteiger partial charge in [0.25, 0.3) is 5.91 Å². The van der Waals surface area contributed by atoms with Gasteiger partial charge in [0.05, 0.1) is 11.9 Å². The van der Waals surface area contributed by atoms with E-state index in [1.54, 1.807) is 13.0 Å². The second-order valence-corrected chi connectivity index (χ2v) is 4.55. The first-order chi connectivity index (χ1) is 9.95. The summed E-state index contributed by atoms with van der Waals surface area (Å²) < 4.78 is 28.5. The average molecular weight is 313 g/mol. The van der Waals surface area contributed by atoms with Gasteiger partial charge in [-0.1, -0.05) is 17.7 Å². The first-order valence-corrected chi connectivity index (χ1v) is 6.32. The Morgan fingerprint density at radius 2 is 2.14 bits per heavy atom. The first kappa shape index (κ1) is 15.2. The average Bonchev–Trinajstić information content (AvgIpc) is 2.42. The summed E-state index contributed by atoms with van der Waals surface area (Å²) in [4.78, 5) is 15.9. The fourth-order valence-electron chi connectivity index (χ4n) is 1.64. The molecule has 4 nitrogen and oxygen atoms in total. The Kier molecular flexibility index (Phi) is 4.70. The fourth-order valence-corrected chi connectivity index (χ4v) is 1.75. The van der Waals surface area contributed by atoms with Crippen LogP contribution in [0, 0.1) is 6.92 Å². The van der Waals surface area contributed by atoms with Crippen molar-refractivity contribution in [1.82, 2.24) is 4.98 Å². The second kappa shape index (κ2) is 6.49. The summed E-state index contributed by atoms with van der Waals surface area (Å²) in [5.74, 6) is -0.540. The predicted molar refractivity (Wildman–Crippen MR) is 75.0 cm³/mol. The largest absolute Gasteiger partial charge is 0.435 e. The molecule has 1 amide bonds. The maximum absolute atomic E-state index is 12.1. The van der Waals surface area contributed by atoms with Gasteiger partial charge in [-0.15, -0.1) is 0 Å². The van der Waals surface area contributed by atoms with E-state index in [2.05, 4.69) is 15.0 Å². The molecule has 1 aromatic heterocycles. The number of pyridine rings is 1. The standard InChI is InChI=1S/C14H11ClF2N2O2/c1-8-5-10(7-18-12(8)15)19-13(20)9-3-2-4-11(6-9)21-14(16)17/h2-7,14H,1H3,(H,19,20). The van der Waals surface area contributed by atoms with Crippen molar-refractivity contribution in [2.24, 2.45) is 0 Å². The Bertz CT molecular complexity index is 665. The lowest BCUT2D eigenvalue weighted by molar-refractivity contribution is -0.0498. The highest BCUT2D eigenvalue weighted by atomic mass is 35.5. The van der Waals surface area contributed by atoms with Crippen molar-refractivity contribution in [3.8, 4) is 5.75 Å². The van der Waals surface area contributed by atoms with Crippen LogP contribution in [0.5, 0.6) is 5.75 Å². The number of carbonyl (C=O) groups is 1. The molecule has 21 heavy (non-hydrogen) atoms. The van der Waals surface area contributed by atoms with Gasteiger partial charge in [-0.2, -0.15) is 8.78 Å². The Morgan fingerprint density at radius 1 is 1.38 bits per heavy atom. The van der Waals surface area contributed by atoms with Crippen LogP contribution in [-0.4, -0.2) is 17.5 Å². The van der Waals surface area contributed by atoms with E-state index in [0.717, 1.165) is 0 Å². The van der Waals surface area contributed by atoms with Crippen molar-refractivity contribution in [3.63, 3.8) is 0 Å². The number of aryl methyl sites for hydroxylation is 1. The number of hydrogen-bond acceptors (Lipinski definition) is 3. The Morgan fingerprint density at radius 3 is 2.81 bits per heavy atom. The van der Waals surface area contributed by atoms with Crippen molar-refractivity contribution in [3.05, 3.63) is 52.8 Å². The molecule has 0 saturated carbocycles. The third kappa shape index (κ3) is 4.13. The molecule has 0 aliphatic heterocycles. The van der Waals surface area contributed by atoms with Gasteiger partial charge in [0.15, 0.2) is 0 Å². The molecule has 0 saturated heterocycles. The first-order valence-electron chi connectivity index (χ1n) is 5.94. The zero-order valence-electron chi connectivity index (χ0n) is 10.9. The smallest absolute Gasteiger partial charge is 0.387 e. The number of carbonyl (C=O) groups excluding carboxylic acids is 1. The third-order valence-corrected chi connectivity index (χ3v) is 2.99. The lowest BCUT2D eigenvalue weighted by Crippen LogP contribution is -2.12. The summed E-state index contributed by atoms with van der Waals surface area (Å²) in [6.45, 7) is -1.19. The number of benzene rings is 1. The van der Waals surface area contributed by atoms with Crippen LogP contribution in [0.15, 0.2) is 36.5 Å². The van der Waals surface area contributed by atoms with Gasteiger partial charge in [-0.25, -0.2) is 4.98 Å². The molecule has 1 heterocycles. The van der Waals surface area contributed by atoms with Gasteiger partial charge in [-0.3, -0.25) is 4.79 Å². The molecule has 0 atom stereocenters. The SMILES string of the molecule is Cc1cc(NC(=O)c2cccc(OC(F)F)c2)cnc1Cl. The van der Waals surface area contributed by atoms with Crippen LogP contribution in [0.4, 0.5) is 14.5 Å². The minimum Gasteiger partial charge on any atom is -0.435 e. The molecule has 2 rings (SSSR count). The van der Waals surface area contributed by atoms with E-state index in [1.807, 2.05) is 0 Å². The van der Waals surface area contributed by atoms with Crippen molar-refractivity contribution in [1.29, 1.82) is 0 Å². The molecule has 0 aliphatic carbocycles. The fraction of sp³-hybridized carbons (Fsp3) is 0.143. The molecule has 0 spiro atoms. The number of aromatic nitrogens is 1. The van der Waals surface area contributed by atoms with Crippen molar-refractivity contribution in [2.75, 3.05) is 5.32 Å². The number of ether oxygens (including phenoxy) is 1. The summed E-state index contributed by atoms with van der Waals surface area (Å²) in [6.07, 6.45) is 1.41. The zero-order valence-corrected chi connectivity index (χ0v) is 11.7. The van der Waals surface area contributed by atoms with E-state index in [9.17, 15) is 13.6 Å². The maximum atomic E-state index is 12.1. The maximum Gasteiger partial charge on any atom is 0.387 e. The molecule has 0 bridgehead atoms. The molecule has 2 aromatic rings. The molecular formula is C14H11ClF2N2O2. The van der Waals surface area contributed by atoms with E-state index >= 15 is 0 Å². The highest BCUT2D eigenvalue weighted by molar-refractivity contribution is 6.30. The molecule has 1 N–H and O–H groups in total. The number of nitrogens with one attached hydrogen (secondary N) is 1. The quantitative estimate of drug-likeness (QED) is 0.871. The number of halogens is 3. The monoisotopic (exact) mass is 312 g/mol. The molecule has 0 aliphatic rings. The van der Waals surface area contributed by atoms with E-state index in [4.69, 9.17) is 11.6 Å². The molecule has 0 radical (unpaired) electrons. The summed E-state index contributed by atoms with van der Waals surface area (Å²) in [5.41, 5.74) is 1.37. The number of amides is 1. The van der Waals surface area contributed by atoms with E-state index in [1.165, 1.54) is 30.5 Å². The van der Waals surface area contributed by atoms with Crippen LogP contribution in [0.2, 0.25) is 5.15 Å². The normalized spacial score (nSPS) is 10.5. The minimum absolute atomic E-state index is 0.0805. The van der Waals surface area contributed by atoms with E-state index in [0.29, 0.717) is 16.4 Å². The van der Waals surface area contributed by atoms with Gasteiger partial charge in [0, 0.05) is 5.56 Å². The van der Waals surface area contributed by atoms with E-state index in [-0.39, 0.29) is 11.3 Å². The number of rotatable bonds is 4. The van der Waals surface area contributed by atoms with Crippen LogP contribution >= 0.6 is 11.6 Å². The van der Waals surface area contributed by atoms with E-state index < -0.39 is 12.5 Å². The summed E-state index contributed by atoms with van der Waals surface area (Å²) >= 11 is 5.79. The van der Waals surface area contributed by atoms with Crippen LogP contribution in [0.3, 0.4) is 0 Å². The Balaban J connectivity index is 2.14. The lowest BCUT2D eigenvalue weighted by atomic mass is 10.2. The molecule has 7 heteroatoms. The number of alkyl halides is 2. The summed E-state index contributed by atoms with van der Waals surface area (Å²) in [5, 5.41) is 2.95.